The van der Waals surface area contributed by atoms with Crippen molar-refractivity contribution in [1.82, 2.24) is 10.2 Å². The van der Waals surface area contributed by atoms with E-state index in [1.165, 1.54) is 6.42 Å². The van der Waals surface area contributed by atoms with Gasteiger partial charge in [0.05, 0.1) is 32.0 Å². The summed E-state index contributed by atoms with van der Waals surface area (Å²) in [4.78, 5) is 13.8. The van der Waals surface area contributed by atoms with Gasteiger partial charge in [0.1, 0.15) is 0 Å². The van der Waals surface area contributed by atoms with Gasteiger partial charge in [0.25, 0.3) is 0 Å². The predicted molar refractivity (Wildman–Crippen MR) is 79.1 cm³/mol. The Morgan fingerprint density at radius 2 is 2.14 bits per heavy atom. The van der Waals surface area contributed by atoms with E-state index in [4.69, 9.17) is 9.47 Å². The van der Waals surface area contributed by atoms with Gasteiger partial charge in [0, 0.05) is 26.2 Å². The molecule has 2 unspecified atom stereocenters. The summed E-state index contributed by atoms with van der Waals surface area (Å²) in [5.41, 5.74) is 0. The van der Waals surface area contributed by atoms with Crippen LogP contribution in [0.3, 0.4) is 0 Å². The summed E-state index contributed by atoms with van der Waals surface area (Å²) in [6.45, 7) is 4.06. The van der Waals surface area contributed by atoms with E-state index < -0.39 is 6.10 Å². The molecule has 0 saturated carbocycles. The van der Waals surface area contributed by atoms with Gasteiger partial charge in [-0.25, -0.2) is 0 Å². The molecule has 0 bridgehead atoms. The highest BCUT2D eigenvalue weighted by atomic mass is 16.5. The summed E-state index contributed by atoms with van der Waals surface area (Å²) >= 11 is 0. The van der Waals surface area contributed by atoms with E-state index in [1.807, 2.05) is 4.90 Å². The van der Waals surface area contributed by atoms with Crippen LogP contribution in [0.25, 0.3) is 0 Å². The normalized spacial score (nSPS) is 24.2. The summed E-state index contributed by atoms with van der Waals surface area (Å²) < 4.78 is 10.9. The third kappa shape index (κ3) is 6.30. The molecule has 6 nitrogen and oxygen atoms in total. The van der Waals surface area contributed by atoms with Crippen molar-refractivity contribution in [1.29, 1.82) is 0 Å². The molecule has 6 heteroatoms. The Hall–Kier alpha value is -0.690. The van der Waals surface area contributed by atoms with Crippen LogP contribution in [0.15, 0.2) is 0 Å². The molecule has 2 fully saturated rings. The van der Waals surface area contributed by atoms with E-state index in [0.717, 1.165) is 45.4 Å². The van der Waals surface area contributed by atoms with Crippen LogP contribution in [0.4, 0.5) is 0 Å². The SMILES string of the molecule is O=C(CNCC(O)COCC1CCCO1)N1CCCCC1. The maximum absolute atomic E-state index is 11.9. The first-order valence-electron chi connectivity index (χ1n) is 8.11. The number of likely N-dealkylation sites (tertiary alicyclic amines) is 1. The van der Waals surface area contributed by atoms with Crippen molar-refractivity contribution in [3.05, 3.63) is 0 Å². The third-order valence-electron chi connectivity index (χ3n) is 4.00. The summed E-state index contributed by atoms with van der Waals surface area (Å²) in [5, 5.41) is 12.8. The average molecular weight is 300 g/mol. The molecule has 2 rings (SSSR count). The standard InChI is InChI=1S/C15H28N2O4/c18-13(11-20-12-14-5-4-8-21-14)9-16-10-15(19)17-6-2-1-3-7-17/h13-14,16,18H,1-12H2. The fraction of sp³-hybridized carbons (Fsp3) is 0.933. The number of rotatable bonds is 8. The average Bonchev–Trinajstić information content (AvgIpc) is 3.01. The molecule has 2 atom stereocenters. The minimum Gasteiger partial charge on any atom is -0.389 e. The molecule has 0 aromatic carbocycles. The maximum atomic E-state index is 11.9. The molecule has 0 aromatic heterocycles. The van der Waals surface area contributed by atoms with Crippen LogP contribution in [0, 0.1) is 0 Å². The minimum atomic E-state index is -0.583. The zero-order valence-corrected chi connectivity index (χ0v) is 12.8. The largest absolute Gasteiger partial charge is 0.389 e. The molecule has 2 heterocycles. The van der Waals surface area contributed by atoms with Gasteiger partial charge in [-0.2, -0.15) is 0 Å². The molecule has 2 aliphatic heterocycles. The molecule has 21 heavy (non-hydrogen) atoms. The second kappa shape index (κ2) is 9.35. The van der Waals surface area contributed by atoms with E-state index in [9.17, 15) is 9.90 Å². The highest BCUT2D eigenvalue weighted by Gasteiger charge is 2.17. The second-order valence-electron chi connectivity index (χ2n) is 5.90. The summed E-state index contributed by atoms with van der Waals surface area (Å²) in [6, 6.07) is 0. The number of aliphatic hydroxyl groups excluding tert-OH is 1. The number of aliphatic hydroxyl groups is 1. The van der Waals surface area contributed by atoms with Crippen molar-refractivity contribution in [3.63, 3.8) is 0 Å². The molecule has 0 aromatic rings. The van der Waals surface area contributed by atoms with Gasteiger partial charge in [-0.1, -0.05) is 0 Å². The van der Waals surface area contributed by atoms with E-state index in [-0.39, 0.29) is 18.6 Å². The van der Waals surface area contributed by atoms with Crippen LogP contribution in [-0.4, -0.2) is 74.1 Å². The molecule has 0 aliphatic carbocycles. The molecule has 2 N–H and O–H groups in total. The second-order valence-corrected chi connectivity index (χ2v) is 5.90. The Kier molecular flexibility index (Phi) is 7.43. The first-order chi connectivity index (χ1) is 10.3. The maximum Gasteiger partial charge on any atom is 0.236 e. The van der Waals surface area contributed by atoms with Crippen molar-refractivity contribution in [2.45, 2.75) is 44.3 Å². The molecule has 1 amide bonds. The Labute approximate surface area is 126 Å². The van der Waals surface area contributed by atoms with Gasteiger partial charge >= 0.3 is 0 Å². The molecule has 2 saturated heterocycles. The van der Waals surface area contributed by atoms with Crippen LogP contribution in [0.2, 0.25) is 0 Å². The lowest BCUT2D eigenvalue weighted by molar-refractivity contribution is -0.131. The Morgan fingerprint density at radius 3 is 2.86 bits per heavy atom. The summed E-state index contributed by atoms with van der Waals surface area (Å²) in [7, 11) is 0. The zero-order chi connectivity index (χ0) is 14.9. The van der Waals surface area contributed by atoms with E-state index in [2.05, 4.69) is 5.32 Å². The molecule has 122 valence electrons. The quantitative estimate of drug-likeness (QED) is 0.667. The molecular formula is C15H28N2O4. The Morgan fingerprint density at radius 1 is 1.33 bits per heavy atom. The lowest BCUT2D eigenvalue weighted by Crippen LogP contribution is -2.43. The molecule has 0 spiro atoms. The van der Waals surface area contributed by atoms with Gasteiger partial charge in [0.15, 0.2) is 0 Å². The van der Waals surface area contributed by atoms with E-state index in [0.29, 0.717) is 19.7 Å². The van der Waals surface area contributed by atoms with E-state index >= 15 is 0 Å². The monoisotopic (exact) mass is 300 g/mol. The van der Waals surface area contributed by atoms with Gasteiger partial charge in [-0.3, -0.25) is 4.79 Å². The minimum absolute atomic E-state index is 0.127. The summed E-state index contributed by atoms with van der Waals surface area (Å²) in [5.74, 6) is 0.127. The fourth-order valence-corrected chi connectivity index (χ4v) is 2.77. The number of hydrogen-bond donors (Lipinski definition) is 2. The van der Waals surface area contributed by atoms with Crippen LogP contribution >= 0.6 is 0 Å². The van der Waals surface area contributed by atoms with Gasteiger partial charge in [-0.05, 0) is 32.1 Å². The van der Waals surface area contributed by atoms with E-state index in [1.54, 1.807) is 0 Å². The number of nitrogens with one attached hydrogen (secondary N) is 1. The summed E-state index contributed by atoms with van der Waals surface area (Å²) in [6.07, 6.45) is 5.16. The van der Waals surface area contributed by atoms with Gasteiger partial charge < -0.3 is 24.8 Å². The lowest BCUT2D eigenvalue weighted by Gasteiger charge is -2.27. The number of carbonyl (C=O) groups is 1. The molecule has 2 aliphatic rings. The Bertz CT molecular complexity index is 302. The number of carbonyl (C=O) groups excluding carboxylic acids is 1. The zero-order valence-electron chi connectivity index (χ0n) is 12.8. The van der Waals surface area contributed by atoms with Gasteiger partial charge in [-0.15, -0.1) is 0 Å². The fourth-order valence-electron chi connectivity index (χ4n) is 2.77. The Balaban J connectivity index is 1.48. The highest BCUT2D eigenvalue weighted by Crippen LogP contribution is 2.12. The van der Waals surface area contributed by atoms with Crippen molar-refractivity contribution < 1.29 is 19.4 Å². The highest BCUT2D eigenvalue weighted by molar-refractivity contribution is 5.78. The first kappa shape index (κ1) is 16.7. The predicted octanol–water partition coefficient (Wildman–Crippen LogP) is 0.145. The lowest BCUT2D eigenvalue weighted by atomic mass is 10.1. The molecular weight excluding hydrogens is 272 g/mol. The smallest absolute Gasteiger partial charge is 0.236 e. The van der Waals surface area contributed by atoms with Crippen molar-refractivity contribution in [3.8, 4) is 0 Å². The molecule has 0 radical (unpaired) electrons. The first-order valence-corrected chi connectivity index (χ1v) is 8.11. The number of piperidine rings is 1. The van der Waals surface area contributed by atoms with Crippen LogP contribution < -0.4 is 5.32 Å². The number of ether oxygens (including phenoxy) is 2. The van der Waals surface area contributed by atoms with Gasteiger partial charge in [0.2, 0.25) is 5.91 Å². The van der Waals surface area contributed by atoms with Crippen LogP contribution in [0.1, 0.15) is 32.1 Å². The van der Waals surface area contributed by atoms with Crippen molar-refractivity contribution >= 4 is 5.91 Å². The number of nitrogens with zero attached hydrogens (tertiary/aromatic N) is 1. The van der Waals surface area contributed by atoms with Crippen molar-refractivity contribution in [2.24, 2.45) is 0 Å². The van der Waals surface area contributed by atoms with Crippen LogP contribution in [-0.2, 0) is 14.3 Å². The van der Waals surface area contributed by atoms with Crippen LogP contribution in [0.5, 0.6) is 0 Å². The number of amides is 1. The number of hydrogen-bond acceptors (Lipinski definition) is 5. The topological polar surface area (TPSA) is 71.0 Å². The third-order valence-corrected chi connectivity index (χ3v) is 4.00. The van der Waals surface area contributed by atoms with Crippen molar-refractivity contribution in [2.75, 3.05) is 46.0 Å².